The van der Waals surface area contributed by atoms with Crippen molar-refractivity contribution in [2.24, 2.45) is 0 Å². The molecule has 1 N–H and O–H groups in total. The third kappa shape index (κ3) is 4.62. The predicted molar refractivity (Wildman–Crippen MR) is 72.3 cm³/mol. The molecule has 1 heterocycles. The molecule has 0 amide bonds. The van der Waals surface area contributed by atoms with Crippen LogP contribution in [0.4, 0.5) is 0 Å². The van der Waals surface area contributed by atoms with Gasteiger partial charge in [0.2, 0.25) is 0 Å². The molecule has 0 aromatic heterocycles. The van der Waals surface area contributed by atoms with Crippen LogP contribution >= 0.6 is 11.8 Å². The maximum absolute atomic E-state index is 5.34. The summed E-state index contributed by atoms with van der Waals surface area (Å²) in [6, 6.07) is 0.524. The van der Waals surface area contributed by atoms with Crippen LogP contribution in [-0.4, -0.2) is 61.3 Å². The molecule has 0 aromatic carbocycles. The van der Waals surface area contributed by atoms with Crippen LogP contribution in [-0.2, 0) is 4.74 Å². The fourth-order valence-corrected chi connectivity index (χ4v) is 3.66. The molecule has 3 atom stereocenters. The molecule has 0 saturated carbocycles. The quantitative estimate of drug-likeness (QED) is 0.766. The summed E-state index contributed by atoms with van der Waals surface area (Å²) in [5.41, 5.74) is 0. The summed E-state index contributed by atoms with van der Waals surface area (Å²) < 4.78 is 5.34. The van der Waals surface area contributed by atoms with Gasteiger partial charge in [0.15, 0.2) is 0 Å². The van der Waals surface area contributed by atoms with Gasteiger partial charge in [0.25, 0.3) is 0 Å². The SMILES string of the molecule is CCNCC(COC)N1CC(C)SC(C)C1. The van der Waals surface area contributed by atoms with Crippen LogP contribution in [0.15, 0.2) is 0 Å². The minimum Gasteiger partial charge on any atom is -0.383 e. The van der Waals surface area contributed by atoms with E-state index >= 15 is 0 Å². The molecular weight excluding hydrogens is 220 g/mol. The molecule has 1 aliphatic rings. The van der Waals surface area contributed by atoms with E-state index in [4.69, 9.17) is 4.74 Å². The predicted octanol–water partition coefficient (Wildman–Crippen LogP) is 1.44. The molecular formula is C12H26N2OS. The van der Waals surface area contributed by atoms with Gasteiger partial charge in [-0.1, -0.05) is 20.8 Å². The lowest BCUT2D eigenvalue weighted by atomic mass is 10.2. The molecule has 3 unspecified atom stereocenters. The van der Waals surface area contributed by atoms with Crippen molar-refractivity contribution in [2.45, 2.75) is 37.3 Å². The molecule has 1 fully saturated rings. The van der Waals surface area contributed by atoms with Crippen molar-refractivity contribution >= 4 is 11.8 Å². The lowest BCUT2D eigenvalue weighted by molar-refractivity contribution is 0.0883. The minimum absolute atomic E-state index is 0.524. The number of nitrogens with one attached hydrogen (secondary N) is 1. The summed E-state index contributed by atoms with van der Waals surface area (Å²) in [5.74, 6) is 0. The zero-order chi connectivity index (χ0) is 12.0. The average molecular weight is 246 g/mol. The lowest BCUT2D eigenvalue weighted by Gasteiger charge is -2.39. The van der Waals surface area contributed by atoms with Gasteiger partial charge in [-0.15, -0.1) is 0 Å². The second kappa shape index (κ2) is 7.54. The third-order valence-electron chi connectivity index (χ3n) is 2.95. The van der Waals surface area contributed by atoms with Crippen LogP contribution in [0, 0.1) is 0 Å². The molecule has 3 nitrogen and oxygen atoms in total. The van der Waals surface area contributed by atoms with E-state index in [1.807, 2.05) is 0 Å². The van der Waals surface area contributed by atoms with Crippen molar-refractivity contribution < 1.29 is 4.74 Å². The standard InChI is InChI=1S/C12H26N2OS/c1-5-13-6-12(9-15-4)14-7-10(2)16-11(3)8-14/h10-13H,5-9H2,1-4H3. The molecule has 1 aliphatic heterocycles. The molecule has 0 spiro atoms. The average Bonchev–Trinajstić information content (AvgIpc) is 2.22. The molecule has 96 valence electrons. The number of nitrogens with zero attached hydrogens (tertiary/aromatic N) is 1. The number of ether oxygens (including phenoxy) is 1. The number of hydrogen-bond donors (Lipinski definition) is 1. The van der Waals surface area contributed by atoms with Crippen molar-refractivity contribution in [3.63, 3.8) is 0 Å². The highest BCUT2D eigenvalue weighted by atomic mass is 32.2. The fourth-order valence-electron chi connectivity index (χ4n) is 2.31. The smallest absolute Gasteiger partial charge is 0.0630 e. The Kier molecular flexibility index (Phi) is 6.73. The molecule has 0 radical (unpaired) electrons. The van der Waals surface area contributed by atoms with Gasteiger partial charge in [-0.2, -0.15) is 11.8 Å². The lowest BCUT2D eigenvalue weighted by Crippen LogP contribution is -2.51. The van der Waals surface area contributed by atoms with Crippen LogP contribution < -0.4 is 5.32 Å². The maximum Gasteiger partial charge on any atom is 0.0630 e. The number of likely N-dealkylation sites (N-methyl/N-ethyl adjacent to an activating group) is 1. The molecule has 0 aromatic rings. The normalized spacial score (nSPS) is 29.2. The summed E-state index contributed by atoms with van der Waals surface area (Å²) in [7, 11) is 1.80. The van der Waals surface area contributed by atoms with E-state index in [9.17, 15) is 0 Å². The molecule has 1 rings (SSSR count). The van der Waals surface area contributed by atoms with E-state index < -0.39 is 0 Å². The first-order valence-electron chi connectivity index (χ1n) is 6.26. The minimum atomic E-state index is 0.524. The zero-order valence-corrected chi connectivity index (χ0v) is 11.8. The Morgan fingerprint density at radius 3 is 2.50 bits per heavy atom. The van der Waals surface area contributed by atoms with E-state index in [2.05, 4.69) is 42.7 Å². The Morgan fingerprint density at radius 2 is 2.00 bits per heavy atom. The first kappa shape index (κ1) is 14.3. The van der Waals surface area contributed by atoms with Crippen LogP contribution in [0.2, 0.25) is 0 Å². The monoisotopic (exact) mass is 246 g/mol. The molecule has 4 heteroatoms. The van der Waals surface area contributed by atoms with Gasteiger partial charge in [0.1, 0.15) is 0 Å². The van der Waals surface area contributed by atoms with Gasteiger partial charge in [-0.05, 0) is 6.54 Å². The van der Waals surface area contributed by atoms with Crippen molar-refractivity contribution in [2.75, 3.05) is 39.9 Å². The highest BCUT2D eigenvalue weighted by molar-refractivity contribution is 8.00. The first-order chi connectivity index (χ1) is 7.67. The van der Waals surface area contributed by atoms with Crippen molar-refractivity contribution in [3.05, 3.63) is 0 Å². The van der Waals surface area contributed by atoms with Gasteiger partial charge >= 0.3 is 0 Å². The topological polar surface area (TPSA) is 24.5 Å². The van der Waals surface area contributed by atoms with Gasteiger partial charge in [0, 0.05) is 43.3 Å². The summed E-state index contributed by atoms with van der Waals surface area (Å²) in [5, 5.41) is 4.91. The number of thioether (sulfide) groups is 1. The van der Waals surface area contributed by atoms with Gasteiger partial charge in [0.05, 0.1) is 6.61 Å². The van der Waals surface area contributed by atoms with E-state index in [0.717, 1.165) is 30.2 Å². The Labute approximate surface area is 104 Å². The Bertz CT molecular complexity index is 182. The van der Waals surface area contributed by atoms with Crippen LogP contribution in [0.25, 0.3) is 0 Å². The number of methoxy groups -OCH3 is 1. The van der Waals surface area contributed by atoms with Crippen LogP contribution in [0.1, 0.15) is 20.8 Å². The summed E-state index contributed by atoms with van der Waals surface area (Å²) in [4.78, 5) is 2.58. The highest BCUT2D eigenvalue weighted by Gasteiger charge is 2.27. The Morgan fingerprint density at radius 1 is 1.38 bits per heavy atom. The van der Waals surface area contributed by atoms with Crippen molar-refractivity contribution in [1.82, 2.24) is 10.2 Å². The van der Waals surface area contributed by atoms with Gasteiger partial charge in [-0.3, -0.25) is 4.90 Å². The maximum atomic E-state index is 5.34. The summed E-state index contributed by atoms with van der Waals surface area (Å²) in [6.45, 7) is 12.1. The van der Waals surface area contributed by atoms with E-state index in [1.54, 1.807) is 7.11 Å². The van der Waals surface area contributed by atoms with E-state index in [-0.39, 0.29) is 0 Å². The number of rotatable bonds is 6. The van der Waals surface area contributed by atoms with Gasteiger partial charge in [-0.25, -0.2) is 0 Å². The van der Waals surface area contributed by atoms with E-state index in [0.29, 0.717) is 6.04 Å². The Balaban J connectivity index is 2.47. The van der Waals surface area contributed by atoms with Crippen LogP contribution in [0.3, 0.4) is 0 Å². The molecule has 1 saturated heterocycles. The first-order valence-corrected chi connectivity index (χ1v) is 7.20. The summed E-state index contributed by atoms with van der Waals surface area (Å²) >= 11 is 2.10. The van der Waals surface area contributed by atoms with Gasteiger partial charge < -0.3 is 10.1 Å². The number of hydrogen-bond acceptors (Lipinski definition) is 4. The highest BCUT2D eigenvalue weighted by Crippen LogP contribution is 2.25. The largest absolute Gasteiger partial charge is 0.383 e. The summed E-state index contributed by atoms with van der Waals surface area (Å²) in [6.07, 6.45) is 0. The second-order valence-electron chi connectivity index (χ2n) is 4.63. The van der Waals surface area contributed by atoms with Crippen molar-refractivity contribution in [1.29, 1.82) is 0 Å². The fraction of sp³-hybridized carbons (Fsp3) is 1.00. The third-order valence-corrected chi connectivity index (χ3v) is 4.18. The van der Waals surface area contributed by atoms with Crippen LogP contribution in [0.5, 0.6) is 0 Å². The van der Waals surface area contributed by atoms with Crippen molar-refractivity contribution in [3.8, 4) is 0 Å². The zero-order valence-electron chi connectivity index (χ0n) is 11.0. The Hall–Kier alpha value is 0.230. The molecule has 0 bridgehead atoms. The molecule has 16 heavy (non-hydrogen) atoms. The molecule has 0 aliphatic carbocycles. The second-order valence-corrected chi connectivity index (χ2v) is 6.51. The van der Waals surface area contributed by atoms with E-state index in [1.165, 1.54) is 13.1 Å².